The van der Waals surface area contributed by atoms with Crippen LogP contribution in [0.1, 0.15) is 18.2 Å². The largest absolute Gasteiger partial charge is 0.463 e. The molecule has 0 fully saturated rings. The predicted molar refractivity (Wildman–Crippen MR) is 79.1 cm³/mol. The van der Waals surface area contributed by atoms with E-state index in [9.17, 15) is 22.8 Å². The normalized spacial score (nSPS) is 11.9. The molecule has 9 heteroatoms. The molecule has 0 radical (unpaired) electrons. The molecule has 0 spiro atoms. The Morgan fingerprint density at radius 2 is 1.75 bits per heavy atom. The molecule has 1 aromatic heterocycles. The van der Waals surface area contributed by atoms with Crippen molar-refractivity contribution in [3.8, 4) is 0 Å². The SMILES string of the molecule is C/C(=N\NC(=O)C(=O)Nc1ccc(C(F)(F)F)cc1)c1ccco1. The standard InChI is InChI=1S/C15H12F3N3O3/c1-9(12-3-2-8-24-12)20-21-14(23)13(22)19-11-6-4-10(5-7-11)15(16,17)18/h2-8H,1H3,(H,19,22)(H,21,23)/b20-9+. The van der Waals surface area contributed by atoms with Crippen LogP contribution >= 0.6 is 0 Å². The first-order valence-electron chi connectivity index (χ1n) is 6.64. The zero-order valence-electron chi connectivity index (χ0n) is 12.3. The van der Waals surface area contributed by atoms with Crippen LogP contribution in [0.5, 0.6) is 0 Å². The van der Waals surface area contributed by atoms with E-state index >= 15 is 0 Å². The third-order valence-electron chi connectivity index (χ3n) is 2.88. The molecule has 2 aromatic rings. The summed E-state index contributed by atoms with van der Waals surface area (Å²) in [5.41, 5.74) is 1.56. The molecule has 126 valence electrons. The van der Waals surface area contributed by atoms with Crippen molar-refractivity contribution < 1.29 is 27.2 Å². The number of anilines is 1. The van der Waals surface area contributed by atoms with Gasteiger partial charge in [0.05, 0.1) is 11.8 Å². The van der Waals surface area contributed by atoms with Crippen molar-refractivity contribution in [3.63, 3.8) is 0 Å². The fourth-order valence-corrected chi connectivity index (χ4v) is 1.66. The summed E-state index contributed by atoms with van der Waals surface area (Å²) in [6.07, 6.45) is -3.05. The fourth-order valence-electron chi connectivity index (χ4n) is 1.66. The first-order chi connectivity index (χ1) is 11.3. The summed E-state index contributed by atoms with van der Waals surface area (Å²) < 4.78 is 42.3. The van der Waals surface area contributed by atoms with Crippen molar-refractivity contribution in [2.75, 3.05) is 5.32 Å². The Morgan fingerprint density at radius 1 is 1.08 bits per heavy atom. The number of benzene rings is 1. The number of hydrazone groups is 1. The van der Waals surface area contributed by atoms with Crippen LogP contribution < -0.4 is 10.7 Å². The molecule has 0 saturated carbocycles. The lowest BCUT2D eigenvalue weighted by atomic mass is 10.2. The molecule has 6 nitrogen and oxygen atoms in total. The highest BCUT2D eigenvalue weighted by molar-refractivity contribution is 6.39. The summed E-state index contributed by atoms with van der Waals surface area (Å²) in [4.78, 5) is 23.3. The minimum Gasteiger partial charge on any atom is -0.463 e. The first-order valence-corrected chi connectivity index (χ1v) is 6.64. The van der Waals surface area contributed by atoms with E-state index in [1.54, 1.807) is 19.1 Å². The van der Waals surface area contributed by atoms with Gasteiger partial charge in [0.25, 0.3) is 0 Å². The zero-order valence-corrected chi connectivity index (χ0v) is 12.3. The number of hydrogen-bond acceptors (Lipinski definition) is 4. The monoisotopic (exact) mass is 339 g/mol. The molecular formula is C15H12F3N3O3. The van der Waals surface area contributed by atoms with E-state index in [1.165, 1.54) is 6.26 Å². The number of carbonyl (C=O) groups excluding carboxylic acids is 2. The Kier molecular flexibility index (Phi) is 5.02. The van der Waals surface area contributed by atoms with Crippen LogP contribution in [0, 0.1) is 0 Å². The van der Waals surface area contributed by atoms with Gasteiger partial charge in [-0.1, -0.05) is 0 Å². The molecule has 1 aromatic carbocycles. The van der Waals surface area contributed by atoms with Gasteiger partial charge < -0.3 is 9.73 Å². The smallest absolute Gasteiger partial charge is 0.416 e. The average molecular weight is 339 g/mol. The van der Waals surface area contributed by atoms with Crippen LogP contribution in [-0.4, -0.2) is 17.5 Å². The van der Waals surface area contributed by atoms with Crippen molar-refractivity contribution in [1.82, 2.24) is 5.43 Å². The topological polar surface area (TPSA) is 83.7 Å². The third-order valence-corrected chi connectivity index (χ3v) is 2.88. The summed E-state index contributed by atoms with van der Waals surface area (Å²) in [5, 5.41) is 5.86. The Bertz CT molecular complexity index is 751. The van der Waals surface area contributed by atoms with Crippen molar-refractivity contribution >= 4 is 23.2 Å². The second-order valence-electron chi connectivity index (χ2n) is 4.64. The zero-order chi connectivity index (χ0) is 17.7. The lowest BCUT2D eigenvalue weighted by molar-refractivity contribution is -0.137. The molecule has 0 aliphatic carbocycles. The minimum absolute atomic E-state index is 0.0508. The second kappa shape index (κ2) is 6.99. The Labute approximate surface area is 134 Å². The Hall–Kier alpha value is -3.10. The summed E-state index contributed by atoms with van der Waals surface area (Å²) in [5.74, 6) is -1.72. The minimum atomic E-state index is -4.47. The summed E-state index contributed by atoms with van der Waals surface area (Å²) >= 11 is 0. The number of carbonyl (C=O) groups is 2. The van der Waals surface area contributed by atoms with Crippen LogP contribution in [0.2, 0.25) is 0 Å². The van der Waals surface area contributed by atoms with Crippen LogP contribution in [0.15, 0.2) is 52.2 Å². The maximum atomic E-state index is 12.4. The number of nitrogens with one attached hydrogen (secondary N) is 2. The molecule has 1 heterocycles. The molecule has 0 aliphatic rings. The van der Waals surface area contributed by atoms with E-state index in [4.69, 9.17) is 4.42 Å². The number of hydrogen-bond donors (Lipinski definition) is 2. The highest BCUT2D eigenvalue weighted by Crippen LogP contribution is 2.29. The number of furan rings is 1. The van der Waals surface area contributed by atoms with E-state index in [-0.39, 0.29) is 5.69 Å². The molecule has 0 unspecified atom stereocenters. The molecule has 24 heavy (non-hydrogen) atoms. The quantitative estimate of drug-likeness (QED) is 0.512. The van der Waals surface area contributed by atoms with Crippen molar-refractivity contribution in [2.24, 2.45) is 5.10 Å². The molecule has 0 aliphatic heterocycles. The molecule has 0 atom stereocenters. The van der Waals surface area contributed by atoms with Gasteiger partial charge in [0.15, 0.2) is 0 Å². The van der Waals surface area contributed by atoms with Gasteiger partial charge in [-0.05, 0) is 43.3 Å². The maximum Gasteiger partial charge on any atom is 0.416 e. The van der Waals surface area contributed by atoms with Gasteiger partial charge >= 0.3 is 18.0 Å². The lowest BCUT2D eigenvalue weighted by Crippen LogP contribution is -2.32. The van der Waals surface area contributed by atoms with Crippen molar-refractivity contribution in [3.05, 3.63) is 54.0 Å². The maximum absolute atomic E-state index is 12.4. The van der Waals surface area contributed by atoms with E-state index < -0.39 is 23.6 Å². The predicted octanol–water partition coefficient (Wildman–Crippen LogP) is 2.78. The molecular weight excluding hydrogens is 327 g/mol. The molecule has 2 N–H and O–H groups in total. The van der Waals surface area contributed by atoms with Gasteiger partial charge in [0, 0.05) is 5.69 Å². The van der Waals surface area contributed by atoms with Gasteiger partial charge in [0.1, 0.15) is 11.5 Å². The number of alkyl halides is 3. The number of amides is 2. The lowest BCUT2D eigenvalue weighted by Gasteiger charge is -2.08. The Morgan fingerprint density at radius 3 is 2.29 bits per heavy atom. The van der Waals surface area contributed by atoms with Crippen LogP contribution in [0.3, 0.4) is 0 Å². The molecule has 0 saturated heterocycles. The Balaban J connectivity index is 1.94. The molecule has 0 bridgehead atoms. The second-order valence-corrected chi connectivity index (χ2v) is 4.64. The first kappa shape index (κ1) is 17.3. The summed E-state index contributed by atoms with van der Waals surface area (Å²) in [6.45, 7) is 1.56. The van der Waals surface area contributed by atoms with E-state index in [2.05, 4.69) is 10.4 Å². The molecule has 2 rings (SSSR count). The van der Waals surface area contributed by atoms with Gasteiger partial charge in [-0.15, -0.1) is 0 Å². The fraction of sp³-hybridized carbons (Fsp3) is 0.133. The summed E-state index contributed by atoms with van der Waals surface area (Å²) in [7, 11) is 0. The number of halogens is 3. The summed E-state index contributed by atoms with van der Waals surface area (Å²) in [6, 6.07) is 6.94. The van der Waals surface area contributed by atoms with Crippen LogP contribution in [0.4, 0.5) is 18.9 Å². The average Bonchev–Trinajstić information content (AvgIpc) is 3.06. The van der Waals surface area contributed by atoms with Crippen molar-refractivity contribution in [1.29, 1.82) is 0 Å². The number of nitrogens with zero attached hydrogens (tertiary/aromatic N) is 1. The van der Waals surface area contributed by atoms with E-state index in [0.29, 0.717) is 11.5 Å². The van der Waals surface area contributed by atoms with Gasteiger partial charge in [-0.3, -0.25) is 9.59 Å². The highest BCUT2D eigenvalue weighted by atomic mass is 19.4. The van der Waals surface area contributed by atoms with E-state index in [0.717, 1.165) is 24.3 Å². The third kappa shape index (κ3) is 4.45. The van der Waals surface area contributed by atoms with E-state index in [1.807, 2.05) is 5.43 Å². The van der Waals surface area contributed by atoms with Crippen LogP contribution in [-0.2, 0) is 15.8 Å². The molecule has 2 amide bonds. The van der Waals surface area contributed by atoms with Crippen LogP contribution in [0.25, 0.3) is 0 Å². The number of rotatable bonds is 3. The highest BCUT2D eigenvalue weighted by Gasteiger charge is 2.30. The van der Waals surface area contributed by atoms with Gasteiger partial charge in [0.2, 0.25) is 0 Å². The van der Waals surface area contributed by atoms with Gasteiger partial charge in [-0.2, -0.15) is 18.3 Å². The van der Waals surface area contributed by atoms with Gasteiger partial charge in [-0.25, -0.2) is 5.43 Å². The van der Waals surface area contributed by atoms with Crippen molar-refractivity contribution in [2.45, 2.75) is 13.1 Å².